The average molecular weight is 431 g/mol. The second-order valence-corrected chi connectivity index (χ2v) is 7.72. The Labute approximate surface area is 178 Å². The van der Waals surface area contributed by atoms with Crippen LogP contribution in [0.15, 0.2) is 53.5 Å². The smallest absolute Gasteiger partial charge is 0.292 e. The Hall–Kier alpha value is -2.77. The molecule has 8 heteroatoms. The highest BCUT2D eigenvalue weighted by Crippen LogP contribution is 2.24. The molecule has 1 aliphatic rings. The monoisotopic (exact) mass is 430 g/mol. The lowest BCUT2D eigenvalue weighted by Gasteiger charge is -2.36. The number of benzene rings is 2. The van der Waals surface area contributed by atoms with Crippen molar-refractivity contribution in [3.8, 4) is 5.69 Å². The van der Waals surface area contributed by atoms with Gasteiger partial charge in [0, 0.05) is 38.8 Å². The van der Waals surface area contributed by atoms with Crippen molar-refractivity contribution in [3.05, 3.63) is 86.8 Å². The van der Waals surface area contributed by atoms with Gasteiger partial charge in [-0.25, -0.2) is 8.78 Å². The highest BCUT2D eigenvalue weighted by molar-refractivity contribution is 6.33. The molecule has 0 N–H and O–H groups in total. The largest absolute Gasteiger partial charge is 0.366 e. The van der Waals surface area contributed by atoms with Crippen molar-refractivity contribution >= 4 is 17.3 Å². The van der Waals surface area contributed by atoms with Crippen LogP contribution < -0.4 is 10.5 Å². The molecule has 3 aromatic rings. The molecule has 156 valence electrons. The summed E-state index contributed by atoms with van der Waals surface area (Å²) in [5.74, 6) is -1.60. The summed E-state index contributed by atoms with van der Waals surface area (Å²) in [6, 6.07) is 11.3. The van der Waals surface area contributed by atoms with Crippen LogP contribution in [0.25, 0.3) is 5.69 Å². The van der Waals surface area contributed by atoms with Crippen molar-refractivity contribution in [2.75, 3.05) is 31.1 Å². The molecule has 0 spiro atoms. The molecule has 0 radical (unpaired) electrons. The minimum atomic E-state index is -0.877. The minimum absolute atomic E-state index is 0.0268. The quantitative estimate of drug-likeness (QED) is 0.631. The summed E-state index contributed by atoms with van der Waals surface area (Å²) in [7, 11) is 0. The minimum Gasteiger partial charge on any atom is -0.366 e. The average Bonchev–Trinajstić information content (AvgIpc) is 2.73. The molecule has 5 nitrogen and oxygen atoms in total. The van der Waals surface area contributed by atoms with Gasteiger partial charge in [-0.05, 0) is 30.2 Å². The third kappa shape index (κ3) is 4.08. The Morgan fingerprint density at radius 1 is 1.03 bits per heavy atom. The molecule has 0 amide bonds. The SMILES string of the molecule is Cc1ccccc1CN1CCN(c2cnn(-c3ccc(F)cc3F)c(=O)c2Cl)CC1. The molecular formula is C22H21ClF2N4O. The number of nitrogens with zero attached hydrogens (tertiary/aromatic N) is 4. The van der Waals surface area contributed by atoms with E-state index in [-0.39, 0.29) is 10.7 Å². The normalized spacial score (nSPS) is 14.9. The van der Waals surface area contributed by atoms with Gasteiger partial charge in [-0.1, -0.05) is 35.9 Å². The molecule has 1 aromatic heterocycles. The third-order valence-corrected chi connectivity index (χ3v) is 5.76. The molecule has 0 saturated carbocycles. The van der Waals surface area contributed by atoms with Crippen LogP contribution in [0.1, 0.15) is 11.1 Å². The molecule has 4 rings (SSSR count). The zero-order chi connectivity index (χ0) is 21.3. The van der Waals surface area contributed by atoms with Crippen LogP contribution in [0, 0.1) is 18.6 Å². The number of rotatable bonds is 4. The van der Waals surface area contributed by atoms with Crippen LogP contribution in [0.5, 0.6) is 0 Å². The zero-order valence-electron chi connectivity index (χ0n) is 16.5. The van der Waals surface area contributed by atoms with Gasteiger partial charge in [-0.3, -0.25) is 9.69 Å². The summed E-state index contributed by atoms with van der Waals surface area (Å²) in [6.07, 6.45) is 1.46. The van der Waals surface area contributed by atoms with Crippen molar-refractivity contribution < 1.29 is 8.78 Å². The second kappa shape index (κ2) is 8.53. The summed E-state index contributed by atoms with van der Waals surface area (Å²) in [4.78, 5) is 17.1. The van der Waals surface area contributed by atoms with Crippen LogP contribution in [-0.2, 0) is 6.54 Å². The van der Waals surface area contributed by atoms with Crippen LogP contribution in [0.4, 0.5) is 14.5 Å². The molecule has 1 saturated heterocycles. The van der Waals surface area contributed by atoms with Gasteiger partial charge in [0.25, 0.3) is 5.56 Å². The number of anilines is 1. The molecule has 1 aliphatic heterocycles. The first kappa shape index (κ1) is 20.5. The van der Waals surface area contributed by atoms with Crippen molar-refractivity contribution in [2.45, 2.75) is 13.5 Å². The lowest BCUT2D eigenvalue weighted by molar-refractivity contribution is 0.249. The fourth-order valence-corrected chi connectivity index (χ4v) is 3.89. The third-order valence-electron chi connectivity index (χ3n) is 5.41. The molecule has 2 aromatic carbocycles. The van der Waals surface area contributed by atoms with E-state index in [9.17, 15) is 13.6 Å². The summed E-state index contributed by atoms with van der Waals surface area (Å²) in [6.45, 7) is 6.01. The van der Waals surface area contributed by atoms with E-state index in [4.69, 9.17) is 11.6 Å². The fraction of sp³-hybridized carbons (Fsp3) is 0.273. The first-order valence-corrected chi connectivity index (χ1v) is 10.1. The van der Waals surface area contributed by atoms with E-state index in [1.807, 2.05) is 17.0 Å². The highest BCUT2D eigenvalue weighted by Gasteiger charge is 2.22. The second-order valence-electron chi connectivity index (χ2n) is 7.35. The Kier molecular flexibility index (Phi) is 5.83. The van der Waals surface area contributed by atoms with Crippen LogP contribution >= 0.6 is 11.6 Å². The van der Waals surface area contributed by atoms with Crippen LogP contribution in [0.3, 0.4) is 0 Å². The topological polar surface area (TPSA) is 41.4 Å². The number of hydrogen-bond acceptors (Lipinski definition) is 4. The van der Waals surface area contributed by atoms with E-state index in [0.717, 1.165) is 30.4 Å². The Morgan fingerprint density at radius 2 is 1.77 bits per heavy atom. The number of aryl methyl sites for hydroxylation is 1. The van der Waals surface area contributed by atoms with E-state index in [2.05, 4.69) is 29.1 Å². The van der Waals surface area contributed by atoms with E-state index < -0.39 is 17.2 Å². The Bertz CT molecular complexity index is 1130. The number of halogens is 3. The van der Waals surface area contributed by atoms with Gasteiger partial charge in [-0.2, -0.15) is 9.78 Å². The highest BCUT2D eigenvalue weighted by atomic mass is 35.5. The Morgan fingerprint density at radius 3 is 2.47 bits per heavy atom. The molecular weight excluding hydrogens is 410 g/mol. The molecule has 0 bridgehead atoms. The maximum Gasteiger partial charge on any atom is 0.292 e. The summed E-state index contributed by atoms with van der Waals surface area (Å²) in [5.41, 5.74) is 2.31. The number of aromatic nitrogens is 2. The van der Waals surface area contributed by atoms with Crippen molar-refractivity contribution in [1.29, 1.82) is 0 Å². The zero-order valence-corrected chi connectivity index (χ0v) is 17.2. The number of piperazine rings is 1. The first-order valence-electron chi connectivity index (χ1n) is 9.69. The van der Waals surface area contributed by atoms with E-state index in [1.165, 1.54) is 23.4 Å². The van der Waals surface area contributed by atoms with E-state index in [1.54, 1.807) is 0 Å². The lowest BCUT2D eigenvalue weighted by Crippen LogP contribution is -2.46. The van der Waals surface area contributed by atoms with E-state index in [0.29, 0.717) is 24.8 Å². The molecule has 0 unspecified atom stereocenters. The molecule has 0 aliphatic carbocycles. The fourth-order valence-electron chi connectivity index (χ4n) is 3.64. The summed E-state index contributed by atoms with van der Waals surface area (Å²) < 4.78 is 28.1. The van der Waals surface area contributed by atoms with Gasteiger partial charge in [-0.15, -0.1) is 0 Å². The first-order chi connectivity index (χ1) is 14.4. The maximum absolute atomic E-state index is 14.1. The maximum atomic E-state index is 14.1. The van der Waals surface area contributed by atoms with Gasteiger partial charge in [0.2, 0.25) is 0 Å². The van der Waals surface area contributed by atoms with Crippen molar-refractivity contribution in [1.82, 2.24) is 14.7 Å². The molecule has 1 fully saturated rings. The summed E-state index contributed by atoms with van der Waals surface area (Å²) in [5, 5.41) is 4.05. The lowest BCUT2D eigenvalue weighted by atomic mass is 10.1. The van der Waals surface area contributed by atoms with Crippen LogP contribution in [0.2, 0.25) is 5.02 Å². The molecule has 2 heterocycles. The number of hydrogen-bond donors (Lipinski definition) is 0. The predicted molar refractivity (Wildman–Crippen MR) is 113 cm³/mol. The van der Waals surface area contributed by atoms with Gasteiger partial charge >= 0.3 is 0 Å². The van der Waals surface area contributed by atoms with Gasteiger partial charge in [0.1, 0.15) is 16.5 Å². The van der Waals surface area contributed by atoms with Gasteiger partial charge < -0.3 is 4.90 Å². The Balaban J connectivity index is 1.50. The van der Waals surface area contributed by atoms with E-state index >= 15 is 0 Å². The van der Waals surface area contributed by atoms with Gasteiger partial charge in [0.15, 0.2) is 5.82 Å². The van der Waals surface area contributed by atoms with Gasteiger partial charge in [0.05, 0.1) is 11.9 Å². The standard InChI is InChI=1S/C22H21ClF2N4O/c1-15-4-2-3-5-16(15)14-27-8-10-28(11-9-27)20-13-26-29(22(30)21(20)23)19-7-6-17(24)12-18(19)25/h2-7,12-13H,8-11,14H2,1H3. The van der Waals surface area contributed by atoms with Crippen LogP contribution in [-0.4, -0.2) is 40.9 Å². The van der Waals surface area contributed by atoms with Crippen molar-refractivity contribution in [3.63, 3.8) is 0 Å². The molecule has 30 heavy (non-hydrogen) atoms. The summed E-state index contributed by atoms with van der Waals surface area (Å²) >= 11 is 6.33. The molecule has 0 atom stereocenters. The predicted octanol–water partition coefficient (Wildman–Crippen LogP) is 3.79. The van der Waals surface area contributed by atoms with Crippen molar-refractivity contribution in [2.24, 2.45) is 0 Å².